The molecule has 56 heavy (non-hydrogen) atoms. The first-order valence-corrected chi connectivity index (χ1v) is 20.3. The summed E-state index contributed by atoms with van der Waals surface area (Å²) < 4.78 is 53.2. The summed E-state index contributed by atoms with van der Waals surface area (Å²) >= 11 is 0. The Kier molecular flexibility index (Phi) is 12.5. The molecule has 18 heteroatoms. The Labute approximate surface area is 326 Å². The smallest absolute Gasteiger partial charge is 0.410 e. The summed E-state index contributed by atoms with van der Waals surface area (Å²) in [5, 5.41) is 4.57. The lowest BCUT2D eigenvalue weighted by Gasteiger charge is -2.30. The number of nitrogens with one attached hydrogen (secondary N) is 3. The topological polar surface area (TPSA) is 201 Å². The van der Waals surface area contributed by atoms with Crippen LogP contribution in [0.25, 0.3) is 0 Å². The molecule has 2 saturated carbocycles. The van der Waals surface area contributed by atoms with Crippen molar-refractivity contribution in [2.24, 2.45) is 5.92 Å². The Morgan fingerprint density at radius 2 is 1.84 bits per heavy atom. The molecule has 0 radical (unpaired) electrons. The van der Waals surface area contributed by atoms with E-state index < -0.39 is 86.2 Å². The van der Waals surface area contributed by atoms with Gasteiger partial charge in [0, 0.05) is 37.5 Å². The zero-order valence-electron chi connectivity index (χ0n) is 32.2. The molecule has 0 spiro atoms. The average molecular weight is 803 g/mol. The predicted molar refractivity (Wildman–Crippen MR) is 200 cm³/mol. The summed E-state index contributed by atoms with van der Waals surface area (Å²) in [6, 6.07) is 1.91. The number of fused-ring (bicyclic) bond motifs is 1. The monoisotopic (exact) mass is 802 g/mol. The molecule has 4 aliphatic rings. The normalized spacial score (nSPS) is 23.3. The molecule has 1 aromatic rings. The maximum absolute atomic E-state index is 14.5. The zero-order chi connectivity index (χ0) is 41.2. The fourth-order valence-corrected chi connectivity index (χ4v) is 8.43. The van der Waals surface area contributed by atoms with E-state index in [0.717, 1.165) is 4.90 Å². The minimum Gasteiger partial charge on any atom is -0.444 e. The van der Waals surface area contributed by atoms with E-state index in [1.54, 1.807) is 33.8 Å². The van der Waals surface area contributed by atoms with Gasteiger partial charge >= 0.3 is 12.2 Å². The van der Waals surface area contributed by atoms with Crippen LogP contribution in [0.2, 0.25) is 0 Å². The number of hydrogen-bond donors (Lipinski definition) is 3. The van der Waals surface area contributed by atoms with Crippen molar-refractivity contribution in [3.8, 4) is 0 Å². The first kappa shape index (κ1) is 42.1. The zero-order valence-corrected chi connectivity index (χ0v) is 33.0. The fourth-order valence-electron chi connectivity index (χ4n) is 7.07. The van der Waals surface area contributed by atoms with Gasteiger partial charge in [-0.05, 0) is 77.5 Å². The first-order valence-electron chi connectivity index (χ1n) is 18.8. The minimum absolute atomic E-state index is 0.00972. The highest BCUT2D eigenvalue weighted by atomic mass is 32.2. The van der Waals surface area contributed by atoms with Crippen molar-refractivity contribution in [3.63, 3.8) is 0 Å². The Morgan fingerprint density at radius 3 is 2.43 bits per heavy atom. The second-order valence-corrected chi connectivity index (χ2v) is 17.6. The maximum Gasteiger partial charge on any atom is 0.410 e. The van der Waals surface area contributed by atoms with E-state index in [2.05, 4.69) is 28.5 Å². The molecular formula is C38H51FN6O10S. The SMILES string of the molecule is C=CC(=O)N(CC)CCC[C@H](NC(=O)OC(C)(C)C)C(=O)N1C[C@H](OC(=O)N2Cc3cccc(F)c3C2)CC1C(=O)N[C@]1(C(=O)NS(=O)(=O)C2CC2)C[C@H]1C=C. The number of nitrogens with zero attached hydrogens (tertiary/aromatic N) is 3. The number of hydrogen-bond acceptors (Lipinski definition) is 10. The molecule has 2 heterocycles. The number of halogens is 1. The van der Waals surface area contributed by atoms with Crippen LogP contribution in [0.1, 0.15) is 77.3 Å². The highest BCUT2D eigenvalue weighted by Gasteiger charge is 2.62. The van der Waals surface area contributed by atoms with Crippen molar-refractivity contribution in [2.45, 2.75) is 114 Å². The molecule has 2 aliphatic heterocycles. The number of benzene rings is 1. The van der Waals surface area contributed by atoms with Crippen LogP contribution in [0.3, 0.4) is 0 Å². The van der Waals surface area contributed by atoms with E-state index in [9.17, 15) is 41.6 Å². The molecule has 5 rings (SSSR count). The van der Waals surface area contributed by atoms with Crippen LogP contribution in [0.5, 0.6) is 0 Å². The Hall–Kier alpha value is -5.00. The molecule has 3 N–H and O–H groups in total. The summed E-state index contributed by atoms with van der Waals surface area (Å²) in [6.45, 7) is 14.3. The summed E-state index contributed by atoms with van der Waals surface area (Å²) in [4.78, 5) is 84.9. The molecule has 0 aromatic heterocycles. The van der Waals surface area contributed by atoms with Gasteiger partial charge in [-0.25, -0.2) is 22.4 Å². The lowest BCUT2D eigenvalue weighted by molar-refractivity contribution is -0.141. The van der Waals surface area contributed by atoms with Crippen molar-refractivity contribution in [3.05, 3.63) is 60.5 Å². The largest absolute Gasteiger partial charge is 0.444 e. The highest BCUT2D eigenvalue weighted by Crippen LogP contribution is 2.45. The van der Waals surface area contributed by atoms with E-state index in [-0.39, 0.29) is 57.8 Å². The van der Waals surface area contributed by atoms with E-state index in [1.807, 2.05) is 0 Å². The van der Waals surface area contributed by atoms with Gasteiger partial charge in [-0.15, -0.1) is 6.58 Å². The lowest BCUT2D eigenvalue weighted by Crippen LogP contribution is -2.58. The number of rotatable bonds is 15. The summed E-state index contributed by atoms with van der Waals surface area (Å²) in [5.41, 5.74) is -1.62. The van der Waals surface area contributed by atoms with Crippen LogP contribution < -0.4 is 15.4 Å². The van der Waals surface area contributed by atoms with Gasteiger partial charge in [0.1, 0.15) is 35.1 Å². The number of carbonyl (C=O) groups is 6. The number of likely N-dealkylation sites (tertiary alicyclic amines) is 1. The number of amides is 6. The molecule has 0 bridgehead atoms. The standard InChI is InChI=1S/C38H51FN6O10S/c1-7-24-19-38(24,34(49)42-56(52,53)26-15-16-26)41-32(47)30-18-25(54-36(51)44-20-23-12-10-13-28(39)27(23)22-44)21-45(30)33(48)29(40-35(50)55-37(4,5)6)14-11-17-43(9-3)31(46)8-2/h7-8,10,12-13,24-26,29-30H,1-2,9,11,14-22H2,3-6H3,(H,40,50)(H,41,47)(H,42,49)/t24-,25-,29+,30?,38-/m1/s1. The molecule has 306 valence electrons. The second-order valence-electron chi connectivity index (χ2n) is 15.6. The van der Waals surface area contributed by atoms with Crippen molar-refractivity contribution in [1.82, 2.24) is 30.1 Å². The van der Waals surface area contributed by atoms with Crippen molar-refractivity contribution >= 4 is 45.8 Å². The Morgan fingerprint density at radius 1 is 1.12 bits per heavy atom. The lowest BCUT2D eigenvalue weighted by atomic mass is 10.1. The van der Waals surface area contributed by atoms with Crippen LogP contribution in [0, 0.1) is 11.7 Å². The third kappa shape index (κ3) is 9.68. The third-order valence-electron chi connectivity index (χ3n) is 10.3. The van der Waals surface area contributed by atoms with E-state index in [1.165, 1.54) is 34.1 Å². The number of carbonyl (C=O) groups excluding carboxylic acids is 6. The molecule has 2 aliphatic carbocycles. The van der Waals surface area contributed by atoms with Crippen LogP contribution in [0.4, 0.5) is 14.0 Å². The second kappa shape index (κ2) is 16.6. The predicted octanol–water partition coefficient (Wildman–Crippen LogP) is 2.62. The van der Waals surface area contributed by atoms with E-state index in [0.29, 0.717) is 30.5 Å². The molecule has 16 nitrogen and oxygen atoms in total. The molecule has 1 unspecified atom stereocenters. The maximum atomic E-state index is 14.5. The first-order chi connectivity index (χ1) is 26.3. The number of alkyl carbamates (subject to hydrolysis) is 1. The molecule has 3 fully saturated rings. The molecule has 1 aromatic carbocycles. The highest BCUT2D eigenvalue weighted by molar-refractivity contribution is 7.91. The summed E-state index contributed by atoms with van der Waals surface area (Å²) in [6.07, 6.45) is 0.748. The van der Waals surface area contributed by atoms with Crippen LogP contribution in [-0.2, 0) is 51.8 Å². The molecular weight excluding hydrogens is 752 g/mol. The summed E-state index contributed by atoms with van der Waals surface area (Å²) in [7, 11) is -3.97. The van der Waals surface area contributed by atoms with Gasteiger partial charge in [-0.2, -0.15) is 0 Å². The fraction of sp³-hybridized carbons (Fsp3) is 0.579. The van der Waals surface area contributed by atoms with E-state index in [4.69, 9.17) is 9.47 Å². The third-order valence-corrected chi connectivity index (χ3v) is 12.1. The quantitative estimate of drug-likeness (QED) is 0.175. The number of likely N-dealkylation sites (N-methyl/N-ethyl adjacent to an activating group) is 1. The molecule has 5 atom stereocenters. The van der Waals surface area contributed by atoms with Gasteiger partial charge in [-0.3, -0.25) is 28.8 Å². The van der Waals surface area contributed by atoms with Crippen LogP contribution in [-0.4, -0.2) is 113 Å². The van der Waals surface area contributed by atoms with Gasteiger partial charge in [0.2, 0.25) is 27.7 Å². The Balaban J connectivity index is 1.39. The Bertz CT molecular complexity index is 1880. The van der Waals surface area contributed by atoms with Crippen molar-refractivity contribution in [2.75, 3.05) is 19.6 Å². The number of sulfonamides is 1. The van der Waals surface area contributed by atoms with Crippen molar-refractivity contribution < 1.29 is 51.0 Å². The van der Waals surface area contributed by atoms with Crippen molar-refractivity contribution in [1.29, 1.82) is 0 Å². The van der Waals surface area contributed by atoms with E-state index >= 15 is 0 Å². The van der Waals surface area contributed by atoms with Gasteiger partial charge < -0.3 is 29.9 Å². The average Bonchev–Trinajstić information content (AvgIpc) is 4.02. The van der Waals surface area contributed by atoms with Crippen LogP contribution in [0.15, 0.2) is 43.5 Å². The molecule has 1 saturated heterocycles. The van der Waals surface area contributed by atoms with Gasteiger partial charge in [0.05, 0.1) is 18.3 Å². The van der Waals surface area contributed by atoms with Gasteiger partial charge in [0.25, 0.3) is 5.91 Å². The van der Waals surface area contributed by atoms with Gasteiger partial charge in [-0.1, -0.05) is 24.8 Å². The van der Waals surface area contributed by atoms with Gasteiger partial charge in [0.15, 0.2) is 0 Å². The number of ether oxygens (including phenoxy) is 2. The molecule has 6 amide bonds. The minimum atomic E-state index is -3.97. The van der Waals surface area contributed by atoms with Crippen LogP contribution >= 0.6 is 0 Å². The summed E-state index contributed by atoms with van der Waals surface area (Å²) in [5.74, 6) is -3.87.